The largest absolute Gasteiger partial charge is 0.260 e. The van der Waals surface area contributed by atoms with Crippen LogP contribution in [0.25, 0.3) is 11.3 Å². The van der Waals surface area contributed by atoms with Crippen molar-refractivity contribution in [1.82, 2.24) is 9.97 Å². The molecule has 0 unspecified atom stereocenters. The zero-order valence-corrected chi connectivity index (χ0v) is 15.0. The number of anilines is 1. The van der Waals surface area contributed by atoms with E-state index in [-0.39, 0.29) is 23.0 Å². The van der Waals surface area contributed by atoms with Crippen LogP contribution in [0.1, 0.15) is 11.1 Å². The fraction of sp³-hybridized carbons (Fsp3) is 0.0526. The molecule has 0 amide bonds. The molecule has 0 bridgehead atoms. The van der Waals surface area contributed by atoms with Crippen molar-refractivity contribution in [3.05, 3.63) is 71.3 Å². The number of benzene rings is 2. The van der Waals surface area contributed by atoms with E-state index in [0.29, 0.717) is 22.0 Å². The van der Waals surface area contributed by atoms with Gasteiger partial charge in [-0.2, -0.15) is 10.4 Å². The van der Waals surface area contributed by atoms with Crippen molar-refractivity contribution >= 4 is 23.8 Å². The zero-order chi connectivity index (χ0) is 19.2. The molecule has 1 N–H and O–H groups in total. The van der Waals surface area contributed by atoms with Crippen LogP contribution >= 0.6 is 11.8 Å². The van der Waals surface area contributed by atoms with Gasteiger partial charge in [-0.3, -0.25) is 5.43 Å². The van der Waals surface area contributed by atoms with E-state index in [1.54, 1.807) is 30.5 Å². The van der Waals surface area contributed by atoms with E-state index in [9.17, 15) is 14.0 Å². The summed E-state index contributed by atoms with van der Waals surface area (Å²) in [4.78, 5) is 8.64. The number of nitriles is 1. The van der Waals surface area contributed by atoms with Gasteiger partial charge in [-0.05, 0) is 48.2 Å². The Kier molecular flexibility index (Phi) is 5.74. The molecule has 134 valence electrons. The molecule has 2 aromatic carbocycles. The van der Waals surface area contributed by atoms with Gasteiger partial charge in [0, 0.05) is 5.56 Å². The molecule has 0 spiro atoms. The van der Waals surface area contributed by atoms with Crippen molar-refractivity contribution in [2.75, 3.05) is 11.7 Å². The Morgan fingerprint density at radius 3 is 2.56 bits per heavy atom. The van der Waals surface area contributed by atoms with Crippen LogP contribution in [-0.2, 0) is 0 Å². The van der Waals surface area contributed by atoms with Gasteiger partial charge in [0.15, 0.2) is 11.0 Å². The average Bonchev–Trinajstić information content (AvgIpc) is 2.68. The quantitative estimate of drug-likeness (QED) is 0.306. The van der Waals surface area contributed by atoms with E-state index in [0.717, 1.165) is 0 Å². The van der Waals surface area contributed by atoms with E-state index in [2.05, 4.69) is 26.6 Å². The summed E-state index contributed by atoms with van der Waals surface area (Å²) in [6, 6.07) is 13.7. The van der Waals surface area contributed by atoms with Crippen LogP contribution in [0, 0.1) is 23.0 Å². The molecule has 3 rings (SSSR count). The lowest BCUT2D eigenvalue weighted by molar-refractivity contribution is 0.627. The van der Waals surface area contributed by atoms with Gasteiger partial charge in [0.2, 0.25) is 0 Å². The van der Waals surface area contributed by atoms with Crippen LogP contribution < -0.4 is 5.43 Å². The molecule has 1 aromatic heterocycles. The minimum atomic E-state index is -0.380. The molecule has 27 heavy (non-hydrogen) atoms. The molecule has 0 aliphatic heterocycles. The summed E-state index contributed by atoms with van der Waals surface area (Å²) in [5.41, 5.74) is 4.41. The van der Waals surface area contributed by atoms with Gasteiger partial charge < -0.3 is 0 Å². The predicted octanol–water partition coefficient (Wildman–Crippen LogP) is 4.46. The van der Waals surface area contributed by atoms with Gasteiger partial charge in [-0.15, -0.1) is 0 Å². The number of thioether (sulfide) groups is 1. The number of nitrogens with zero attached hydrogens (tertiary/aromatic N) is 4. The molecule has 8 heteroatoms. The van der Waals surface area contributed by atoms with Crippen LogP contribution in [0.15, 0.2) is 58.8 Å². The average molecular weight is 381 g/mol. The molecule has 0 aliphatic rings. The minimum absolute atomic E-state index is 0.177. The summed E-state index contributed by atoms with van der Waals surface area (Å²) in [7, 11) is 0. The van der Waals surface area contributed by atoms with Gasteiger partial charge in [0.25, 0.3) is 0 Å². The van der Waals surface area contributed by atoms with Crippen LogP contribution in [0.5, 0.6) is 0 Å². The molecule has 0 saturated carbocycles. The lowest BCUT2D eigenvalue weighted by Gasteiger charge is -2.09. The first-order valence-corrected chi connectivity index (χ1v) is 9.00. The Hall–Kier alpha value is -3.31. The highest BCUT2D eigenvalue weighted by Crippen LogP contribution is 2.28. The lowest BCUT2D eigenvalue weighted by atomic mass is 10.1. The molecule has 3 aromatic rings. The molecule has 5 nitrogen and oxygen atoms in total. The first kappa shape index (κ1) is 18.5. The smallest absolute Gasteiger partial charge is 0.189 e. The molecule has 0 saturated heterocycles. The summed E-state index contributed by atoms with van der Waals surface area (Å²) < 4.78 is 26.4. The van der Waals surface area contributed by atoms with Gasteiger partial charge in [0.05, 0.1) is 11.9 Å². The monoisotopic (exact) mass is 381 g/mol. The molecule has 0 aliphatic carbocycles. The van der Waals surface area contributed by atoms with E-state index in [4.69, 9.17) is 0 Å². The molecule has 0 fully saturated rings. The second-order valence-corrected chi connectivity index (χ2v) is 6.10. The minimum Gasteiger partial charge on any atom is -0.260 e. The first-order chi connectivity index (χ1) is 13.1. The van der Waals surface area contributed by atoms with Crippen molar-refractivity contribution in [2.45, 2.75) is 5.16 Å². The van der Waals surface area contributed by atoms with Crippen molar-refractivity contribution in [3.63, 3.8) is 0 Å². The maximum absolute atomic E-state index is 13.2. The third-order valence-electron chi connectivity index (χ3n) is 3.53. The lowest BCUT2D eigenvalue weighted by Crippen LogP contribution is -2.03. The van der Waals surface area contributed by atoms with E-state index in [1.165, 1.54) is 42.2 Å². The van der Waals surface area contributed by atoms with Crippen LogP contribution in [0.3, 0.4) is 0 Å². The van der Waals surface area contributed by atoms with Gasteiger partial charge in [-0.25, -0.2) is 18.7 Å². The molecular weight excluding hydrogens is 368 g/mol. The molecule has 0 radical (unpaired) electrons. The highest BCUT2D eigenvalue weighted by atomic mass is 32.2. The number of halogens is 2. The Morgan fingerprint density at radius 2 is 1.89 bits per heavy atom. The summed E-state index contributed by atoms with van der Waals surface area (Å²) in [5, 5.41) is 14.0. The second kappa shape index (κ2) is 8.38. The van der Waals surface area contributed by atoms with Crippen molar-refractivity contribution < 1.29 is 8.78 Å². The number of aromatic nitrogens is 2. The normalized spacial score (nSPS) is 10.7. The number of rotatable bonds is 5. The standard InChI is InChI=1S/C19H13F2N5S/c1-27-19-24-17(13-5-7-14(20)8-6-13)16(10-22)18(25-19)26-23-11-12-3-2-4-15(21)9-12/h2-9,11H,1H3,(H,24,25,26). The molecular formula is C19H13F2N5S. The van der Waals surface area contributed by atoms with E-state index < -0.39 is 0 Å². The fourth-order valence-electron chi connectivity index (χ4n) is 2.29. The predicted molar refractivity (Wildman–Crippen MR) is 102 cm³/mol. The summed E-state index contributed by atoms with van der Waals surface area (Å²) in [6.45, 7) is 0. The maximum Gasteiger partial charge on any atom is 0.189 e. The number of hydrogen-bond donors (Lipinski definition) is 1. The van der Waals surface area contributed by atoms with Gasteiger partial charge in [-0.1, -0.05) is 23.9 Å². The van der Waals surface area contributed by atoms with Crippen LogP contribution in [0.2, 0.25) is 0 Å². The SMILES string of the molecule is CSc1nc(NN=Cc2cccc(F)c2)c(C#N)c(-c2ccc(F)cc2)n1. The fourth-order valence-corrected chi connectivity index (χ4v) is 2.65. The Labute approximate surface area is 158 Å². The second-order valence-electron chi connectivity index (χ2n) is 5.33. The van der Waals surface area contributed by atoms with Crippen LogP contribution in [0.4, 0.5) is 14.6 Å². The third-order valence-corrected chi connectivity index (χ3v) is 4.08. The summed E-state index contributed by atoms with van der Waals surface area (Å²) in [6.07, 6.45) is 3.22. The first-order valence-electron chi connectivity index (χ1n) is 7.77. The van der Waals surface area contributed by atoms with E-state index in [1.807, 2.05) is 0 Å². The van der Waals surface area contributed by atoms with Gasteiger partial charge in [0.1, 0.15) is 23.3 Å². The van der Waals surface area contributed by atoms with Crippen molar-refractivity contribution in [3.8, 4) is 17.3 Å². The third kappa shape index (κ3) is 4.46. The number of hydrogen-bond acceptors (Lipinski definition) is 6. The van der Waals surface area contributed by atoms with Crippen molar-refractivity contribution in [1.29, 1.82) is 5.26 Å². The zero-order valence-electron chi connectivity index (χ0n) is 14.1. The summed E-state index contributed by atoms with van der Waals surface area (Å²) >= 11 is 1.30. The Balaban J connectivity index is 1.98. The van der Waals surface area contributed by atoms with E-state index >= 15 is 0 Å². The summed E-state index contributed by atoms with van der Waals surface area (Å²) in [5.74, 6) is -0.541. The topological polar surface area (TPSA) is 74.0 Å². The number of hydrazone groups is 1. The maximum atomic E-state index is 13.2. The molecule has 1 heterocycles. The van der Waals surface area contributed by atoms with Gasteiger partial charge >= 0.3 is 0 Å². The molecule has 0 atom stereocenters. The Morgan fingerprint density at radius 1 is 1.11 bits per heavy atom. The number of nitrogens with one attached hydrogen (secondary N) is 1. The van der Waals surface area contributed by atoms with Crippen molar-refractivity contribution in [2.24, 2.45) is 5.10 Å². The Bertz CT molecular complexity index is 1030. The highest BCUT2D eigenvalue weighted by molar-refractivity contribution is 7.98. The highest BCUT2D eigenvalue weighted by Gasteiger charge is 2.15. The van der Waals surface area contributed by atoms with Crippen LogP contribution in [-0.4, -0.2) is 22.4 Å².